The zero-order valence-corrected chi connectivity index (χ0v) is 16.9. The first-order valence-electron chi connectivity index (χ1n) is 9.53. The van der Waals surface area contributed by atoms with Gasteiger partial charge in [0.2, 0.25) is 5.88 Å². The van der Waals surface area contributed by atoms with E-state index in [1.807, 2.05) is 31.2 Å². The molecule has 3 aromatic rings. The summed E-state index contributed by atoms with van der Waals surface area (Å²) in [7, 11) is 3.23. The maximum absolute atomic E-state index is 6.05. The van der Waals surface area contributed by atoms with Crippen LogP contribution in [0.15, 0.2) is 42.5 Å². The lowest BCUT2D eigenvalue weighted by molar-refractivity contribution is 0.215. The second-order valence-corrected chi connectivity index (χ2v) is 6.96. The number of fused-ring (bicyclic) bond motifs is 1. The number of pyridine rings is 1. The van der Waals surface area contributed by atoms with Crippen molar-refractivity contribution in [3.05, 3.63) is 59.4 Å². The number of hydrogen-bond acceptors (Lipinski definition) is 7. The zero-order chi connectivity index (χ0) is 20.2. The molecule has 0 amide bonds. The monoisotopic (exact) mass is 392 g/mol. The van der Waals surface area contributed by atoms with Gasteiger partial charge in [0, 0.05) is 42.5 Å². The number of methoxy groups -OCH3 is 2. The van der Waals surface area contributed by atoms with Crippen molar-refractivity contribution in [3.8, 4) is 28.6 Å². The molecule has 0 unspecified atom stereocenters. The van der Waals surface area contributed by atoms with Gasteiger partial charge in [-0.15, -0.1) is 10.2 Å². The van der Waals surface area contributed by atoms with E-state index in [0.29, 0.717) is 18.2 Å². The average molecular weight is 392 g/mol. The number of ether oxygens (including phenoxy) is 3. The lowest BCUT2D eigenvalue weighted by Gasteiger charge is -2.19. The van der Waals surface area contributed by atoms with Crippen LogP contribution in [0.1, 0.15) is 17.0 Å². The Labute approximate surface area is 170 Å². The van der Waals surface area contributed by atoms with E-state index in [9.17, 15) is 0 Å². The van der Waals surface area contributed by atoms with Crippen molar-refractivity contribution in [1.82, 2.24) is 20.1 Å². The molecule has 0 saturated carbocycles. The van der Waals surface area contributed by atoms with Crippen LogP contribution in [0, 0.1) is 6.92 Å². The molecule has 0 fully saturated rings. The Balaban J connectivity index is 1.65. The predicted molar refractivity (Wildman–Crippen MR) is 109 cm³/mol. The fourth-order valence-corrected chi connectivity index (χ4v) is 3.47. The summed E-state index contributed by atoms with van der Waals surface area (Å²) in [6.45, 7) is 4.91. The fourth-order valence-electron chi connectivity index (χ4n) is 3.47. The van der Waals surface area contributed by atoms with Gasteiger partial charge in [0.1, 0.15) is 6.61 Å². The third kappa shape index (κ3) is 4.30. The first kappa shape index (κ1) is 19.1. The molecular weight excluding hydrogens is 368 g/mol. The van der Waals surface area contributed by atoms with E-state index in [1.165, 1.54) is 0 Å². The van der Waals surface area contributed by atoms with Crippen LogP contribution in [0.5, 0.6) is 17.4 Å². The molecule has 0 radical (unpaired) electrons. The highest BCUT2D eigenvalue weighted by Gasteiger charge is 2.21. The van der Waals surface area contributed by atoms with Gasteiger partial charge in [-0.25, -0.2) is 0 Å². The standard InChI is InChI=1S/C22H24N4O3/c1-15-5-4-6-18(23-15)14-26-9-10-29-22-17(13-26)11-16(12-20(22)27-2)19-7-8-21(28-3)25-24-19/h4-8,11-12H,9-10,13-14H2,1-3H3. The zero-order valence-electron chi connectivity index (χ0n) is 16.9. The summed E-state index contributed by atoms with van der Waals surface area (Å²) in [6.07, 6.45) is 0. The number of hydrogen-bond donors (Lipinski definition) is 0. The summed E-state index contributed by atoms with van der Waals surface area (Å²) in [6, 6.07) is 13.8. The minimum atomic E-state index is 0.482. The first-order valence-corrected chi connectivity index (χ1v) is 9.53. The van der Waals surface area contributed by atoms with Crippen LogP contribution >= 0.6 is 0 Å². The molecule has 0 bridgehead atoms. The molecule has 0 N–H and O–H groups in total. The lowest BCUT2D eigenvalue weighted by Crippen LogP contribution is -2.25. The summed E-state index contributed by atoms with van der Waals surface area (Å²) in [5.74, 6) is 1.97. The molecule has 4 rings (SSSR count). The van der Waals surface area contributed by atoms with E-state index in [4.69, 9.17) is 14.2 Å². The van der Waals surface area contributed by atoms with Crippen molar-refractivity contribution in [2.75, 3.05) is 27.4 Å². The molecule has 150 valence electrons. The van der Waals surface area contributed by atoms with Gasteiger partial charge in [-0.3, -0.25) is 9.88 Å². The van der Waals surface area contributed by atoms with Crippen molar-refractivity contribution in [2.45, 2.75) is 20.0 Å². The minimum Gasteiger partial charge on any atom is -0.493 e. The normalized spacial score (nSPS) is 13.9. The topological polar surface area (TPSA) is 69.6 Å². The number of aryl methyl sites for hydroxylation is 1. The first-order chi connectivity index (χ1) is 14.2. The van der Waals surface area contributed by atoms with Crippen molar-refractivity contribution >= 4 is 0 Å². The number of rotatable bonds is 5. The molecule has 0 spiro atoms. The van der Waals surface area contributed by atoms with Crippen LogP contribution in [0.25, 0.3) is 11.3 Å². The molecule has 1 aliphatic heterocycles. The third-order valence-corrected chi connectivity index (χ3v) is 4.88. The van der Waals surface area contributed by atoms with Crippen LogP contribution in [-0.2, 0) is 13.1 Å². The van der Waals surface area contributed by atoms with E-state index in [2.05, 4.69) is 32.2 Å². The Hall–Kier alpha value is -3.19. The highest BCUT2D eigenvalue weighted by atomic mass is 16.5. The largest absolute Gasteiger partial charge is 0.493 e. The van der Waals surface area contributed by atoms with Crippen LogP contribution in [0.3, 0.4) is 0 Å². The Kier molecular flexibility index (Phi) is 5.57. The van der Waals surface area contributed by atoms with Crippen LogP contribution in [0.2, 0.25) is 0 Å². The predicted octanol–water partition coefficient (Wildman–Crippen LogP) is 3.26. The molecule has 1 aromatic carbocycles. The minimum absolute atomic E-state index is 0.482. The van der Waals surface area contributed by atoms with Crippen LogP contribution in [0.4, 0.5) is 0 Å². The summed E-state index contributed by atoms with van der Waals surface area (Å²) in [5.41, 5.74) is 4.81. The number of nitrogens with zero attached hydrogens (tertiary/aromatic N) is 4. The molecule has 1 aliphatic rings. The summed E-state index contributed by atoms with van der Waals surface area (Å²) < 4.78 is 16.8. The molecule has 29 heavy (non-hydrogen) atoms. The third-order valence-electron chi connectivity index (χ3n) is 4.88. The Morgan fingerprint density at radius 2 is 1.97 bits per heavy atom. The summed E-state index contributed by atoms with van der Waals surface area (Å²) in [4.78, 5) is 6.96. The van der Waals surface area contributed by atoms with Crippen molar-refractivity contribution in [2.24, 2.45) is 0 Å². The van der Waals surface area contributed by atoms with Gasteiger partial charge in [-0.05, 0) is 37.3 Å². The fraction of sp³-hybridized carbons (Fsp3) is 0.318. The highest BCUT2D eigenvalue weighted by Crippen LogP contribution is 2.38. The van der Waals surface area contributed by atoms with E-state index in [0.717, 1.165) is 53.6 Å². The SMILES string of the molecule is COc1ccc(-c2cc3c(c(OC)c2)OCCN(Cc2cccc(C)n2)C3)nn1. The van der Waals surface area contributed by atoms with Gasteiger partial charge in [-0.2, -0.15) is 0 Å². The van der Waals surface area contributed by atoms with Gasteiger partial charge >= 0.3 is 0 Å². The molecular formula is C22H24N4O3. The van der Waals surface area contributed by atoms with Gasteiger partial charge in [0.25, 0.3) is 0 Å². The maximum atomic E-state index is 6.05. The second-order valence-electron chi connectivity index (χ2n) is 6.96. The second kappa shape index (κ2) is 8.45. The quantitative estimate of drug-likeness (QED) is 0.660. The molecule has 0 atom stereocenters. The molecule has 7 nitrogen and oxygen atoms in total. The van der Waals surface area contributed by atoms with Crippen molar-refractivity contribution in [3.63, 3.8) is 0 Å². The average Bonchev–Trinajstić information content (AvgIpc) is 2.94. The Bertz CT molecular complexity index is 992. The van der Waals surface area contributed by atoms with Gasteiger partial charge < -0.3 is 14.2 Å². The van der Waals surface area contributed by atoms with Crippen molar-refractivity contribution in [1.29, 1.82) is 0 Å². The van der Waals surface area contributed by atoms with Crippen LogP contribution in [-0.4, -0.2) is 47.5 Å². The molecule has 0 saturated heterocycles. The summed E-state index contributed by atoms with van der Waals surface area (Å²) >= 11 is 0. The molecule has 0 aliphatic carbocycles. The molecule has 2 aromatic heterocycles. The van der Waals surface area contributed by atoms with Gasteiger partial charge in [0.05, 0.1) is 25.6 Å². The van der Waals surface area contributed by atoms with E-state index < -0.39 is 0 Å². The van der Waals surface area contributed by atoms with E-state index in [1.54, 1.807) is 20.3 Å². The number of benzene rings is 1. The van der Waals surface area contributed by atoms with E-state index in [-0.39, 0.29) is 0 Å². The Morgan fingerprint density at radius 3 is 2.69 bits per heavy atom. The van der Waals surface area contributed by atoms with Crippen LogP contribution < -0.4 is 14.2 Å². The van der Waals surface area contributed by atoms with Gasteiger partial charge in [-0.1, -0.05) is 6.07 Å². The maximum Gasteiger partial charge on any atom is 0.233 e. The molecule has 7 heteroatoms. The van der Waals surface area contributed by atoms with E-state index >= 15 is 0 Å². The smallest absolute Gasteiger partial charge is 0.233 e. The van der Waals surface area contributed by atoms with Crippen molar-refractivity contribution < 1.29 is 14.2 Å². The van der Waals surface area contributed by atoms with Gasteiger partial charge in [0.15, 0.2) is 11.5 Å². The Morgan fingerprint density at radius 1 is 1.07 bits per heavy atom. The highest BCUT2D eigenvalue weighted by molar-refractivity contribution is 5.66. The summed E-state index contributed by atoms with van der Waals surface area (Å²) in [5, 5.41) is 8.34. The molecule has 3 heterocycles. The lowest BCUT2D eigenvalue weighted by atomic mass is 10.0. The number of aromatic nitrogens is 3.